The van der Waals surface area contributed by atoms with E-state index in [1.807, 2.05) is 0 Å². The van der Waals surface area contributed by atoms with E-state index >= 15 is 0 Å². The molecule has 0 spiro atoms. The second-order valence-electron chi connectivity index (χ2n) is 4.92. The lowest BCUT2D eigenvalue weighted by molar-refractivity contribution is -0.120. The van der Waals surface area contributed by atoms with Crippen LogP contribution in [0.5, 0.6) is 0 Å². The molecule has 0 aliphatic carbocycles. The van der Waals surface area contributed by atoms with E-state index < -0.39 is 20.7 Å². The molecule has 1 saturated heterocycles. The Hall–Kier alpha value is -1.44. The molecule has 0 bridgehead atoms. The Morgan fingerprint density at radius 2 is 1.80 bits per heavy atom. The predicted octanol–water partition coefficient (Wildman–Crippen LogP) is -0.378. The Bertz CT molecular complexity index is 582. The monoisotopic (exact) mass is 297 g/mol. The van der Waals surface area contributed by atoms with Crippen molar-refractivity contribution in [3.8, 4) is 0 Å². The van der Waals surface area contributed by atoms with Gasteiger partial charge in [-0.05, 0) is 12.5 Å². The van der Waals surface area contributed by atoms with Crippen molar-refractivity contribution in [2.75, 3.05) is 26.2 Å². The number of piperazine rings is 1. The maximum atomic E-state index is 12.8. The Kier molecular flexibility index (Phi) is 4.12. The summed E-state index contributed by atoms with van der Waals surface area (Å²) < 4.78 is 25.3. The molecule has 1 amide bonds. The second-order valence-corrected chi connectivity index (χ2v) is 7.20. The first-order chi connectivity index (χ1) is 9.40. The molecule has 1 unspecified atom stereocenters. The van der Waals surface area contributed by atoms with Gasteiger partial charge in [0.1, 0.15) is 0 Å². The van der Waals surface area contributed by atoms with Crippen molar-refractivity contribution in [1.29, 1.82) is 0 Å². The summed E-state index contributed by atoms with van der Waals surface area (Å²) in [6.07, 6.45) is 0. The number of nitrogens with one attached hydrogen (secondary N) is 1. The van der Waals surface area contributed by atoms with Crippen LogP contribution < -0.4 is 11.1 Å². The van der Waals surface area contributed by atoms with Crippen molar-refractivity contribution in [2.45, 2.75) is 11.7 Å². The number of hydrogen-bond acceptors (Lipinski definition) is 4. The third kappa shape index (κ3) is 2.32. The molecule has 6 nitrogen and oxygen atoms in total. The minimum atomic E-state index is -3.86. The van der Waals surface area contributed by atoms with Gasteiger partial charge in [0.05, 0.1) is 0 Å². The van der Waals surface area contributed by atoms with Crippen molar-refractivity contribution in [1.82, 2.24) is 9.62 Å². The van der Waals surface area contributed by atoms with Crippen molar-refractivity contribution in [3.05, 3.63) is 35.9 Å². The first-order valence-electron chi connectivity index (χ1n) is 6.46. The van der Waals surface area contributed by atoms with Crippen LogP contribution in [0.2, 0.25) is 0 Å². The first kappa shape index (κ1) is 15.0. The van der Waals surface area contributed by atoms with E-state index in [0.29, 0.717) is 31.7 Å². The lowest BCUT2D eigenvalue weighted by atomic mass is 10.00. The average molecular weight is 297 g/mol. The van der Waals surface area contributed by atoms with Gasteiger partial charge < -0.3 is 11.1 Å². The summed E-state index contributed by atoms with van der Waals surface area (Å²) in [5, 5.41) is 3.08. The highest BCUT2D eigenvalue weighted by Gasteiger charge is 2.49. The molecule has 0 radical (unpaired) electrons. The number of nitrogens with two attached hydrogens (primary N) is 1. The zero-order valence-corrected chi connectivity index (χ0v) is 12.2. The zero-order chi connectivity index (χ0) is 14.8. The van der Waals surface area contributed by atoms with Crippen LogP contribution in [0.3, 0.4) is 0 Å². The zero-order valence-electron chi connectivity index (χ0n) is 11.4. The second kappa shape index (κ2) is 5.51. The molecule has 0 aromatic heterocycles. The van der Waals surface area contributed by atoms with Gasteiger partial charge in [-0.25, -0.2) is 8.42 Å². The maximum absolute atomic E-state index is 12.8. The van der Waals surface area contributed by atoms with Gasteiger partial charge in [0.15, 0.2) is 4.75 Å². The number of carbonyl (C=O) groups is 1. The summed E-state index contributed by atoms with van der Waals surface area (Å²) in [5.74, 6) is -0.859. The summed E-state index contributed by atoms with van der Waals surface area (Å²) in [7, 11) is -3.86. The largest absolute Gasteiger partial charge is 0.368 e. The van der Waals surface area contributed by atoms with Gasteiger partial charge in [-0.2, -0.15) is 4.31 Å². The minimum absolute atomic E-state index is 0.345. The first-order valence-corrected chi connectivity index (χ1v) is 7.90. The van der Waals surface area contributed by atoms with Crippen molar-refractivity contribution in [2.24, 2.45) is 5.73 Å². The average Bonchev–Trinajstić information content (AvgIpc) is 2.47. The van der Waals surface area contributed by atoms with E-state index in [1.165, 1.54) is 11.2 Å². The quantitative estimate of drug-likeness (QED) is 0.792. The Morgan fingerprint density at radius 1 is 1.25 bits per heavy atom. The van der Waals surface area contributed by atoms with Crippen molar-refractivity contribution in [3.63, 3.8) is 0 Å². The molecule has 20 heavy (non-hydrogen) atoms. The standard InChI is InChI=1S/C13H19N3O3S/c1-13(12(14)17,11-5-3-2-4-6-11)20(18,19)16-9-7-15-8-10-16/h2-6,15H,7-10H2,1H3,(H2,14,17). The van der Waals surface area contributed by atoms with E-state index in [0.717, 1.165) is 0 Å². The SMILES string of the molecule is CC(C(N)=O)(c1ccccc1)S(=O)(=O)N1CCNCC1. The van der Waals surface area contributed by atoms with E-state index in [4.69, 9.17) is 5.73 Å². The van der Waals surface area contributed by atoms with Gasteiger partial charge in [-0.15, -0.1) is 0 Å². The summed E-state index contributed by atoms with van der Waals surface area (Å²) in [6, 6.07) is 8.39. The highest BCUT2D eigenvalue weighted by molar-refractivity contribution is 7.90. The highest BCUT2D eigenvalue weighted by Crippen LogP contribution is 2.32. The number of nitrogens with zero attached hydrogens (tertiary/aromatic N) is 1. The number of primary amides is 1. The minimum Gasteiger partial charge on any atom is -0.368 e. The molecule has 1 aliphatic heterocycles. The third-order valence-corrected chi connectivity index (χ3v) is 6.24. The lowest BCUT2D eigenvalue weighted by Crippen LogP contribution is -2.56. The molecule has 1 aromatic rings. The Labute approximate surface area is 119 Å². The van der Waals surface area contributed by atoms with Crippen LogP contribution >= 0.6 is 0 Å². The number of amides is 1. The fourth-order valence-electron chi connectivity index (χ4n) is 2.32. The number of rotatable bonds is 4. The fraction of sp³-hybridized carbons (Fsp3) is 0.462. The molecule has 110 valence electrons. The molecule has 1 aliphatic rings. The van der Waals surface area contributed by atoms with Gasteiger partial charge in [-0.1, -0.05) is 30.3 Å². The molecular weight excluding hydrogens is 278 g/mol. The number of carbonyl (C=O) groups excluding carboxylic acids is 1. The molecule has 1 aromatic carbocycles. The lowest BCUT2D eigenvalue weighted by Gasteiger charge is -2.35. The van der Waals surface area contributed by atoms with Crippen LogP contribution in [0.4, 0.5) is 0 Å². The molecule has 0 saturated carbocycles. The van der Waals surface area contributed by atoms with Gasteiger partial charge in [0.25, 0.3) is 0 Å². The van der Waals surface area contributed by atoms with Gasteiger partial charge in [-0.3, -0.25) is 4.79 Å². The maximum Gasteiger partial charge on any atom is 0.244 e. The van der Waals surface area contributed by atoms with Crippen LogP contribution in [0.25, 0.3) is 0 Å². The van der Waals surface area contributed by atoms with Gasteiger partial charge in [0, 0.05) is 26.2 Å². The molecule has 1 heterocycles. The van der Waals surface area contributed by atoms with Crippen LogP contribution in [0, 0.1) is 0 Å². The van der Waals surface area contributed by atoms with E-state index in [9.17, 15) is 13.2 Å². The fourth-order valence-corrected chi connectivity index (χ4v) is 4.19. The molecule has 2 rings (SSSR count). The molecule has 7 heteroatoms. The van der Waals surface area contributed by atoms with Crippen molar-refractivity contribution < 1.29 is 13.2 Å². The third-order valence-electron chi connectivity index (χ3n) is 3.73. The summed E-state index contributed by atoms with van der Waals surface area (Å²) in [5.41, 5.74) is 5.83. The Morgan fingerprint density at radius 3 is 2.30 bits per heavy atom. The number of sulfonamides is 1. The number of hydrogen-bond donors (Lipinski definition) is 2. The van der Waals surface area contributed by atoms with Crippen molar-refractivity contribution >= 4 is 15.9 Å². The molecule has 3 N–H and O–H groups in total. The van der Waals surface area contributed by atoms with Crippen LogP contribution in [-0.2, 0) is 19.6 Å². The topological polar surface area (TPSA) is 92.5 Å². The van der Waals surface area contributed by atoms with Crippen LogP contribution in [0.15, 0.2) is 30.3 Å². The summed E-state index contributed by atoms with van der Waals surface area (Å²) >= 11 is 0. The summed E-state index contributed by atoms with van der Waals surface area (Å²) in [4.78, 5) is 11.9. The molecule has 1 fully saturated rings. The predicted molar refractivity (Wildman–Crippen MR) is 76.4 cm³/mol. The van der Waals surface area contributed by atoms with Crippen LogP contribution in [0.1, 0.15) is 12.5 Å². The van der Waals surface area contributed by atoms with Crippen LogP contribution in [-0.4, -0.2) is 44.8 Å². The van der Waals surface area contributed by atoms with E-state index in [1.54, 1.807) is 30.3 Å². The molecule has 1 atom stereocenters. The summed E-state index contributed by atoms with van der Waals surface area (Å²) in [6.45, 7) is 3.21. The normalized spacial score (nSPS) is 20.2. The molecular formula is C13H19N3O3S. The smallest absolute Gasteiger partial charge is 0.244 e. The van der Waals surface area contributed by atoms with E-state index in [2.05, 4.69) is 5.32 Å². The van der Waals surface area contributed by atoms with Gasteiger partial charge in [0.2, 0.25) is 15.9 Å². The number of benzene rings is 1. The van der Waals surface area contributed by atoms with E-state index in [-0.39, 0.29) is 0 Å². The highest BCUT2D eigenvalue weighted by atomic mass is 32.2. The Balaban J connectivity index is 2.50. The van der Waals surface area contributed by atoms with Gasteiger partial charge >= 0.3 is 0 Å².